The van der Waals surface area contributed by atoms with E-state index in [2.05, 4.69) is 15.9 Å². The summed E-state index contributed by atoms with van der Waals surface area (Å²) in [5.74, 6) is 0.599. The number of benzene rings is 3. The summed E-state index contributed by atoms with van der Waals surface area (Å²) in [6.45, 7) is 0. The van der Waals surface area contributed by atoms with Crippen molar-refractivity contribution in [3.05, 3.63) is 93.6 Å². The number of halogens is 1. The van der Waals surface area contributed by atoms with E-state index in [1.165, 1.54) is 0 Å². The van der Waals surface area contributed by atoms with Crippen LogP contribution in [0.1, 0.15) is 0 Å². The van der Waals surface area contributed by atoms with E-state index in [1.54, 1.807) is 6.07 Å². The Morgan fingerprint density at radius 1 is 0.708 bits per heavy atom. The molecule has 0 unspecified atom stereocenters. The molecule has 24 heavy (non-hydrogen) atoms. The van der Waals surface area contributed by atoms with E-state index in [1.807, 2.05) is 72.8 Å². The zero-order valence-electron chi connectivity index (χ0n) is 12.7. The molecule has 4 aromatic rings. The van der Waals surface area contributed by atoms with Gasteiger partial charge in [-0.05, 0) is 29.8 Å². The molecule has 1 aromatic heterocycles. The molecule has 4 rings (SSSR count). The van der Waals surface area contributed by atoms with E-state index in [9.17, 15) is 4.79 Å². The van der Waals surface area contributed by atoms with Crippen LogP contribution in [0.4, 0.5) is 0 Å². The minimum atomic E-state index is -0.0157. The van der Waals surface area contributed by atoms with Crippen LogP contribution >= 0.6 is 15.9 Å². The molecule has 2 nitrogen and oxygen atoms in total. The SMILES string of the molecule is O=c1c(-c2ccc(Br)cc2)c(-c2ccccc2)oc2ccccc12. The predicted molar refractivity (Wildman–Crippen MR) is 101 cm³/mol. The van der Waals surface area contributed by atoms with E-state index in [0.717, 1.165) is 15.6 Å². The molecule has 1 heterocycles. The molecule has 3 heteroatoms. The summed E-state index contributed by atoms with van der Waals surface area (Å²) in [5.41, 5.74) is 2.91. The van der Waals surface area contributed by atoms with E-state index in [0.29, 0.717) is 22.3 Å². The van der Waals surface area contributed by atoms with Crippen molar-refractivity contribution >= 4 is 26.9 Å². The Bertz CT molecular complexity index is 1060. The number of hydrogen-bond acceptors (Lipinski definition) is 2. The van der Waals surface area contributed by atoms with Gasteiger partial charge in [-0.3, -0.25) is 4.79 Å². The van der Waals surface area contributed by atoms with Crippen molar-refractivity contribution in [3.8, 4) is 22.5 Å². The van der Waals surface area contributed by atoms with Gasteiger partial charge in [-0.15, -0.1) is 0 Å². The van der Waals surface area contributed by atoms with Gasteiger partial charge in [0.05, 0.1) is 10.9 Å². The molecule has 0 aliphatic rings. The first-order valence-electron chi connectivity index (χ1n) is 7.61. The lowest BCUT2D eigenvalue weighted by Gasteiger charge is -2.10. The minimum absolute atomic E-state index is 0.0157. The number of fused-ring (bicyclic) bond motifs is 1. The molecule has 0 aliphatic heterocycles. The third kappa shape index (κ3) is 2.57. The summed E-state index contributed by atoms with van der Waals surface area (Å²) in [4.78, 5) is 13.1. The topological polar surface area (TPSA) is 30.2 Å². The van der Waals surface area contributed by atoms with Crippen LogP contribution in [0.3, 0.4) is 0 Å². The van der Waals surface area contributed by atoms with Crippen molar-refractivity contribution in [2.24, 2.45) is 0 Å². The second-order valence-electron chi connectivity index (χ2n) is 5.50. The van der Waals surface area contributed by atoms with Crippen LogP contribution in [0, 0.1) is 0 Å². The molecule has 0 bridgehead atoms. The van der Waals surface area contributed by atoms with Crippen molar-refractivity contribution in [3.63, 3.8) is 0 Å². The van der Waals surface area contributed by atoms with Gasteiger partial charge in [-0.2, -0.15) is 0 Å². The fourth-order valence-electron chi connectivity index (χ4n) is 2.81. The van der Waals surface area contributed by atoms with Gasteiger partial charge in [0, 0.05) is 10.0 Å². The van der Waals surface area contributed by atoms with Crippen LogP contribution < -0.4 is 5.43 Å². The van der Waals surface area contributed by atoms with E-state index < -0.39 is 0 Å². The van der Waals surface area contributed by atoms with Crippen LogP contribution in [0.2, 0.25) is 0 Å². The summed E-state index contributed by atoms with van der Waals surface area (Å²) in [6, 6.07) is 24.8. The first-order chi connectivity index (χ1) is 11.7. The number of hydrogen-bond donors (Lipinski definition) is 0. The highest BCUT2D eigenvalue weighted by Crippen LogP contribution is 2.32. The predicted octanol–water partition coefficient (Wildman–Crippen LogP) is 5.89. The van der Waals surface area contributed by atoms with Gasteiger partial charge < -0.3 is 4.42 Å². The Morgan fingerprint density at radius 2 is 1.38 bits per heavy atom. The molecule has 0 aliphatic carbocycles. The summed E-state index contributed by atoms with van der Waals surface area (Å²) in [7, 11) is 0. The van der Waals surface area contributed by atoms with Crippen LogP contribution in [0.25, 0.3) is 33.4 Å². The normalized spacial score (nSPS) is 10.9. The van der Waals surface area contributed by atoms with Gasteiger partial charge in [0.25, 0.3) is 0 Å². The second kappa shape index (κ2) is 6.10. The molecule has 0 saturated heterocycles. The van der Waals surface area contributed by atoms with Gasteiger partial charge in [-0.1, -0.05) is 70.5 Å². The van der Waals surface area contributed by atoms with Gasteiger partial charge in [-0.25, -0.2) is 0 Å². The van der Waals surface area contributed by atoms with Gasteiger partial charge in [0.1, 0.15) is 11.3 Å². The van der Waals surface area contributed by atoms with E-state index in [-0.39, 0.29) is 5.43 Å². The molecular weight excluding hydrogens is 364 g/mol. The van der Waals surface area contributed by atoms with Crippen molar-refractivity contribution in [2.75, 3.05) is 0 Å². The average molecular weight is 377 g/mol. The van der Waals surface area contributed by atoms with Crippen LogP contribution in [-0.2, 0) is 0 Å². The Labute approximate surface area is 147 Å². The molecule has 3 aromatic carbocycles. The van der Waals surface area contributed by atoms with Crippen molar-refractivity contribution in [1.29, 1.82) is 0 Å². The number of rotatable bonds is 2. The maximum absolute atomic E-state index is 13.1. The first-order valence-corrected chi connectivity index (χ1v) is 8.40. The maximum atomic E-state index is 13.1. The molecule has 0 radical (unpaired) electrons. The van der Waals surface area contributed by atoms with Gasteiger partial charge >= 0.3 is 0 Å². The Morgan fingerprint density at radius 3 is 2.12 bits per heavy atom. The monoisotopic (exact) mass is 376 g/mol. The van der Waals surface area contributed by atoms with Crippen LogP contribution in [0.15, 0.2) is 92.5 Å². The third-order valence-corrected chi connectivity index (χ3v) is 4.50. The first kappa shape index (κ1) is 14.9. The Balaban J connectivity index is 2.11. The summed E-state index contributed by atoms with van der Waals surface area (Å²) < 4.78 is 7.10. The highest BCUT2D eigenvalue weighted by molar-refractivity contribution is 9.10. The Kier molecular flexibility index (Phi) is 3.79. The van der Waals surface area contributed by atoms with Crippen LogP contribution in [-0.4, -0.2) is 0 Å². The van der Waals surface area contributed by atoms with Crippen molar-refractivity contribution in [2.45, 2.75) is 0 Å². The molecule has 0 saturated carbocycles. The maximum Gasteiger partial charge on any atom is 0.201 e. The van der Waals surface area contributed by atoms with Crippen LogP contribution in [0.5, 0.6) is 0 Å². The standard InChI is InChI=1S/C21H13BrO2/c22-16-12-10-14(11-13-16)19-20(23)17-8-4-5-9-18(17)24-21(19)15-6-2-1-3-7-15/h1-13H. The van der Waals surface area contributed by atoms with Crippen molar-refractivity contribution in [1.82, 2.24) is 0 Å². The molecular formula is C21H13BrO2. The molecule has 116 valence electrons. The molecule has 0 spiro atoms. The van der Waals surface area contributed by atoms with Crippen molar-refractivity contribution < 1.29 is 4.42 Å². The molecule has 0 N–H and O–H groups in total. The molecule has 0 amide bonds. The summed E-state index contributed by atoms with van der Waals surface area (Å²) >= 11 is 3.44. The Hall–Kier alpha value is -2.65. The van der Waals surface area contributed by atoms with E-state index in [4.69, 9.17) is 4.42 Å². The fraction of sp³-hybridized carbons (Fsp3) is 0. The molecule has 0 fully saturated rings. The van der Waals surface area contributed by atoms with E-state index >= 15 is 0 Å². The minimum Gasteiger partial charge on any atom is -0.455 e. The third-order valence-electron chi connectivity index (χ3n) is 3.97. The lowest BCUT2D eigenvalue weighted by Crippen LogP contribution is -2.07. The summed E-state index contributed by atoms with van der Waals surface area (Å²) in [5, 5.41) is 0.593. The highest BCUT2D eigenvalue weighted by atomic mass is 79.9. The fourth-order valence-corrected chi connectivity index (χ4v) is 3.08. The number of para-hydroxylation sites is 1. The average Bonchev–Trinajstić information content (AvgIpc) is 2.63. The zero-order valence-corrected chi connectivity index (χ0v) is 14.3. The highest BCUT2D eigenvalue weighted by Gasteiger charge is 2.17. The zero-order chi connectivity index (χ0) is 16.5. The lowest BCUT2D eigenvalue weighted by atomic mass is 9.98. The quantitative estimate of drug-likeness (QED) is 0.436. The van der Waals surface area contributed by atoms with Gasteiger partial charge in [0.2, 0.25) is 5.43 Å². The molecule has 0 atom stereocenters. The second-order valence-corrected chi connectivity index (χ2v) is 6.42. The summed E-state index contributed by atoms with van der Waals surface area (Å²) in [6.07, 6.45) is 0. The van der Waals surface area contributed by atoms with Gasteiger partial charge in [0.15, 0.2) is 0 Å². The largest absolute Gasteiger partial charge is 0.455 e. The lowest BCUT2D eigenvalue weighted by molar-refractivity contribution is 0.621. The smallest absolute Gasteiger partial charge is 0.201 e.